The van der Waals surface area contributed by atoms with Crippen molar-refractivity contribution in [2.75, 3.05) is 0 Å². The Morgan fingerprint density at radius 2 is 1.78 bits per heavy atom. The van der Waals surface area contributed by atoms with Gasteiger partial charge >= 0.3 is 16.3 Å². The molecule has 2 atom stereocenters. The van der Waals surface area contributed by atoms with Gasteiger partial charge in [0.15, 0.2) is 0 Å². The molecule has 0 radical (unpaired) electrons. The first kappa shape index (κ1) is 16.3. The highest BCUT2D eigenvalue weighted by Gasteiger charge is 2.53. The summed E-state index contributed by atoms with van der Waals surface area (Å²) in [4.78, 5) is 30.4. The van der Waals surface area contributed by atoms with Gasteiger partial charge in [-0.1, -0.05) is 0 Å². The van der Waals surface area contributed by atoms with Gasteiger partial charge < -0.3 is 15.6 Å². The van der Waals surface area contributed by atoms with Gasteiger partial charge in [-0.15, -0.1) is 0 Å². The Morgan fingerprint density at radius 3 is 2.06 bits per heavy atom. The number of nitrogens with two attached hydrogens (primary N) is 1. The van der Waals surface area contributed by atoms with Gasteiger partial charge in [0.1, 0.15) is 6.04 Å². The van der Waals surface area contributed by atoms with Crippen molar-refractivity contribution < 1.29 is 37.2 Å². The number of carbonyl (C=O) groups is 3. The third kappa shape index (κ3) is 4.27. The molecule has 1 fully saturated rings. The molecule has 1 amide bonds. The zero-order chi connectivity index (χ0) is 14.7. The van der Waals surface area contributed by atoms with E-state index in [1.807, 2.05) is 0 Å². The van der Waals surface area contributed by atoms with Crippen LogP contribution in [0.15, 0.2) is 0 Å². The average Bonchev–Trinajstić information content (AvgIpc) is 2.12. The fourth-order valence-electron chi connectivity index (χ4n) is 0.994. The summed E-state index contributed by atoms with van der Waals surface area (Å²) < 4.78 is 34.1. The van der Waals surface area contributed by atoms with Gasteiger partial charge in [-0.3, -0.25) is 18.9 Å². The van der Waals surface area contributed by atoms with Crippen LogP contribution in [0.25, 0.3) is 0 Å². The molecule has 1 aliphatic heterocycles. The van der Waals surface area contributed by atoms with Crippen LogP contribution in [-0.4, -0.2) is 52.5 Å². The van der Waals surface area contributed by atoms with E-state index in [1.54, 1.807) is 0 Å². The highest BCUT2D eigenvalue weighted by molar-refractivity contribution is 7.84. The summed E-state index contributed by atoms with van der Waals surface area (Å²) in [5.74, 6) is -2.65. The molecule has 10 nitrogen and oxygen atoms in total. The van der Waals surface area contributed by atoms with Crippen LogP contribution in [-0.2, 0) is 29.4 Å². The number of β-lactam (4-membered cyclic amide) rings is 1. The first-order chi connectivity index (χ1) is 7.98. The summed E-state index contributed by atoms with van der Waals surface area (Å²) in [5.41, 5.74) is 5.16. The number of amides is 1. The fourth-order valence-corrected chi connectivity index (χ4v) is 1.78. The quantitative estimate of drug-likeness (QED) is 0.293. The number of nitrogens with zero attached hydrogens (tertiary/aromatic N) is 1. The number of ether oxygens (including phenoxy) is 1. The maximum absolute atomic E-state index is 10.9. The second-order valence-corrected chi connectivity index (χ2v) is 4.45. The van der Waals surface area contributed by atoms with Crippen LogP contribution in [0.3, 0.4) is 0 Å². The SMILES string of the molecule is CC(=O)O.CC(=O)O[C@H]1[C@H](N)C(=O)N1S(=O)(=O)O. The maximum atomic E-state index is 10.9. The van der Waals surface area contributed by atoms with Gasteiger partial charge in [0, 0.05) is 13.8 Å². The maximum Gasteiger partial charge on any atom is 0.365 e. The molecule has 4 N–H and O–H groups in total. The molecule has 11 heteroatoms. The van der Waals surface area contributed by atoms with Crippen molar-refractivity contribution in [2.45, 2.75) is 26.1 Å². The third-order valence-corrected chi connectivity index (χ3v) is 2.46. The number of carboxylic acids is 1. The molecule has 0 aliphatic carbocycles. The molecule has 1 aliphatic rings. The summed E-state index contributed by atoms with van der Waals surface area (Å²) in [7, 11) is -4.72. The monoisotopic (exact) mass is 284 g/mol. The van der Waals surface area contributed by atoms with E-state index >= 15 is 0 Å². The molecule has 0 aromatic carbocycles. The normalized spacial score (nSPS) is 22.4. The van der Waals surface area contributed by atoms with Gasteiger partial charge in [-0.25, -0.2) is 0 Å². The topological polar surface area (TPSA) is 164 Å². The van der Waals surface area contributed by atoms with E-state index in [0.717, 1.165) is 13.8 Å². The van der Waals surface area contributed by atoms with Crippen LogP contribution in [0.5, 0.6) is 0 Å². The number of aliphatic carboxylic acids is 1. The Kier molecular flexibility index (Phi) is 5.20. The average molecular weight is 284 g/mol. The largest absolute Gasteiger partial charge is 0.481 e. The number of rotatable bonds is 2. The summed E-state index contributed by atoms with van der Waals surface area (Å²) >= 11 is 0. The summed E-state index contributed by atoms with van der Waals surface area (Å²) in [5, 5.41) is 7.42. The van der Waals surface area contributed by atoms with E-state index in [4.69, 9.17) is 20.2 Å². The van der Waals surface area contributed by atoms with Crippen LogP contribution in [0.2, 0.25) is 0 Å². The van der Waals surface area contributed by atoms with E-state index < -0.39 is 40.4 Å². The Balaban J connectivity index is 0.000000631. The van der Waals surface area contributed by atoms with E-state index in [-0.39, 0.29) is 4.31 Å². The van der Waals surface area contributed by atoms with Crippen LogP contribution >= 0.6 is 0 Å². The molecular weight excluding hydrogens is 272 g/mol. The zero-order valence-corrected chi connectivity index (χ0v) is 10.2. The Morgan fingerprint density at radius 1 is 1.39 bits per heavy atom. The molecule has 1 rings (SSSR count). The lowest BCUT2D eigenvalue weighted by molar-refractivity contribution is -0.175. The third-order valence-electron chi connectivity index (χ3n) is 1.58. The smallest absolute Gasteiger partial charge is 0.365 e. The molecule has 0 unspecified atom stereocenters. The van der Waals surface area contributed by atoms with Gasteiger partial charge in [-0.05, 0) is 0 Å². The van der Waals surface area contributed by atoms with Crippen molar-refractivity contribution in [3.63, 3.8) is 0 Å². The lowest BCUT2D eigenvalue weighted by Crippen LogP contribution is -2.71. The van der Waals surface area contributed by atoms with Crippen molar-refractivity contribution in [1.82, 2.24) is 4.31 Å². The second-order valence-electron chi connectivity index (χ2n) is 3.16. The number of hydrogen-bond donors (Lipinski definition) is 3. The Bertz CT molecular complexity index is 454. The van der Waals surface area contributed by atoms with Crippen LogP contribution in [0, 0.1) is 0 Å². The molecule has 1 saturated heterocycles. The van der Waals surface area contributed by atoms with Gasteiger partial charge in [0.25, 0.3) is 11.9 Å². The number of carbonyl (C=O) groups excluding carboxylic acids is 2. The molecule has 18 heavy (non-hydrogen) atoms. The number of esters is 1. The van der Waals surface area contributed by atoms with E-state index in [0.29, 0.717) is 0 Å². The summed E-state index contributed by atoms with van der Waals surface area (Å²) in [6.45, 7) is 2.11. The molecule has 0 spiro atoms. The standard InChI is InChI=1S/C5H8N2O6S.C2H4O2/c1-2(8)13-5-3(6)4(9)7(5)14(10,11)12;1-2(3)4/h3,5H,6H2,1H3,(H,10,11,12);1H3,(H,3,4)/t3-,5+;/m1./s1. The molecule has 104 valence electrons. The predicted octanol–water partition coefficient (Wildman–Crippen LogP) is -2.06. The van der Waals surface area contributed by atoms with Crippen molar-refractivity contribution in [2.24, 2.45) is 5.73 Å². The first-order valence-electron chi connectivity index (χ1n) is 4.41. The van der Waals surface area contributed by atoms with E-state index in [1.165, 1.54) is 0 Å². The minimum Gasteiger partial charge on any atom is -0.481 e. The Hall–Kier alpha value is -1.72. The van der Waals surface area contributed by atoms with E-state index in [9.17, 15) is 18.0 Å². The summed E-state index contributed by atoms with van der Waals surface area (Å²) in [6, 6.07) is -1.25. The minimum atomic E-state index is -4.72. The lowest BCUT2D eigenvalue weighted by atomic mass is 10.1. The molecule has 1 heterocycles. The van der Waals surface area contributed by atoms with Crippen LogP contribution in [0.1, 0.15) is 13.8 Å². The van der Waals surface area contributed by atoms with E-state index in [2.05, 4.69) is 4.74 Å². The second kappa shape index (κ2) is 5.75. The fraction of sp³-hybridized carbons (Fsp3) is 0.571. The molecule has 0 bridgehead atoms. The predicted molar refractivity (Wildman–Crippen MR) is 55.2 cm³/mol. The van der Waals surface area contributed by atoms with Crippen molar-refractivity contribution >= 4 is 28.1 Å². The van der Waals surface area contributed by atoms with Crippen LogP contribution < -0.4 is 5.73 Å². The molecule has 0 saturated carbocycles. The molecule has 0 aromatic heterocycles. The van der Waals surface area contributed by atoms with Gasteiger partial charge in [0.2, 0.25) is 6.23 Å². The van der Waals surface area contributed by atoms with Gasteiger partial charge in [-0.2, -0.15) is 12.7 Å². The minimum absolute atomic E-state index is 0.0130. The van der Waals surface area contributed by atoms with Crippen LogP contribution in [0.4, 0.5) is 0 Å². The van der Waals surface area contributed by atoms with Crippen molar-refractivity contribution in [3.8, 4) is 0 Å². The number of carboxylic acid groups (broad SMARTS) is 1. The first-order valence-corrected chi connectivity index (χ1v) is 5.81. The van der Waals surface area contributed by atoms with Gasteiger partial charge in [0.05, 0.1) is 0 Å². The highest BCUT2D eigenvalue weighted by atomic mass is 32.2. The lowest BCUT2D eigenvalue weighted by Gasteiger charge is -2.40. The van der Waals surface area contributed by atoms with Crippen molar-refractivity contribution in [1.29, 1.82) is 0 Å². The number of hydrogen-bond acceptors (Lipinski definition) is 7. The highest BCUT2D eigenvalue weighted by Crippen LogP contribution is 2.22. The molecular formula is C7H12N2O8S. The Labute approximate surface area is 102 Å². The van der Waals surface area contributed by atoms with Crippen molar-refractivity contribution in [3.05, 3.63) is 0 Å². The summed E-state index contributed by atoms with van der Waals surface area (Å²) in [6.07, 6.45) is -1.45. The zero-order valence-electron chi connectivity index (χ0n) is 9.43. The molecule has 0 aromatic rings.